The van der Waals surface area contributed by atoms with E-state index in [0.29, 0.717) is 17.4 Å². The Kier molecular flexibility index (Phi) is 9.05. The molecule has 2 N–H and O–H groups in total. The summed E-state index contributed by atoms with van der Waals surface area (Å²) in [5.74, 6) is 1.14. The van der Waals surface area contributed by atoms with Crippen molar-refractivity contribution in [2.45, 2.75) is 31.2 Å². The number of guanidine groups is 1. The zero-order valence-corrected chi connectivity index (χ0v) is 19.4. The van der Waals surface area contributed by atoms with E-state index in [1.165, 1.54) is 11.1 Å². The summed E-state index contributed by atoms with van der Waals surface area (Å²) < 4.78 is 23.4. The van der Waals surface area contributed by atoms with Crippen molar-refractivity contribution in [3.05, 3.63) is 51.7 Å². The summed E-state index contributed by atoms with van der Waals surface area (Å²) in [6, 6.07) is 9.59. The summed E-state index contributed by atoms with van der Waals surface area (Å²) in [4.78, 5) is 5.96. The minimum atomic E-state index is -3.18. The molecule has 1 atom stereocenters. The standard InChI is InChI=1S/C18H25N3O2S2.HI/c1-13-10-15(7-8-17(13)25(4,22)23)12-21-18(19-3)20-11-14(2)16-6-5-9-24-16;/h5-10,14H,11-12H2,1-4H3,(H2,19,20,21);1H. The largest absolute Gasteiger partial charge is 0.356 e. The van der Waals surface area contributed by atoms with Crippen molar-refractivity contribution in [1.82, 2.24) is 10.6 Å². The molecule has 1 unspecified atom stereocenters. The second-order valence-electron chi connectivity index (χ2n) is 6.10. The molecule has 1 heterocycles. The molecule has 0 bridgehead atoms. The van der Waals surface area contributed by atoms with Gasteiger partial charge in [0, 0.05) is 37.2 Å². The number of aryl methyl sites for hydroxylation is 1. The molecule has 0 aliphatic heterocycles. The zero-order chi connectivity index (χ0) is 18.4. The van der Waals surface area contributed by atoms with Gasteiger partial charge in [-0.3, -0.25) is 4.99 Å². The summed E-state index contributed by atoms with van der Waals surface area (Å²) in [5, 5.41) is 8.68. The summed E-state index contributed by atoms with van der Waals surface area (Å²) in [7, 11) is -1.44. The van der Waals surface area contributed by atoms with Crippen molar-refractivity contribution in [3.63, 3.8) is 0 Å². The van der Waals surface area contributed by atoms with Gasteiger partial charge < -0.3 is 10.6 Å². The third kappa shape index (κ3) is 6.55. The lowest BCUT2D eigenvalue weighted by Gasteiger charge is -2.15. The molecule has 0 aliphatic carbocycles. The van der Waals surface area contributed by atoms with E-state index < -0.39 is 9.84 Å². The number of thiophene rings is 1. The van der Waals surface area contributed by atoms with Crippen molar-refractivity contribution in [1.29, 1.82) is 0 Å². The van der Waals surface area contributed by atoms with Crippen LogP contribution in [0.2, 0.25) is 0 Å². The van der Waals surface area contributed by atoms with Crippen LogP contribution in [0.5, 0.6) is 0 Å². The average Bonchev–Trinajstić information content (AvgIpc) is 3.08. The Balaban J connectivity index is 0.00000338. The van der Waals surface area contributed by atoms with Gasteiger partial charge in [0.05, 0.1) is 4.90 Å². The molecule has 144 valence electrons. The third-order valence-electron chi connectivity index (χ3n) is 3.93. The first-order chi connectivity index (χ1) is 11.8. The van der Waals surface area contributed by atoms with Crippen molar-refractivity contribution in [2.24, 2.45) is 4.99 Å². The fourth-order valence-electron chi connectivity index (χ4n) is 2.57. The first-order valence-electron chi connectivity index (χ1n) is 8.08. The van der Waals surface area contributed by atoms with E-state index >= 15 is 0 Å². The molecular weight excluding hydrogens is 481 g/mol. The molecule has 0 saturated carbocycles. The average molecular weight is 507 g/mol. The van der Waals surface area contributed by atoms with E-state index in [4.69, 9.17) is 0 Å². The molecule has 0 aliphatic rings. The molecule has 0 radical (unpaired) electrons. The fraction of sp³-hybridized carbons (Fsp3) is 0.389. The molecule has 2 rings (SSSR count). The number of rotatable bonds is 6. The number of sulfone groups is 1. The van der Waals surface area contributed by atoms with Crippen LogP contribution in [0.25, 0.3) is 0 Å². The number of benzene rings is 1. The molecule has 0 amide bonds. The number of halogens is 1. The smallest absolute Gasteiger partial charge is 0.191 e. The molecular formula is C18H26IN3O2S2. The van der Waals surface area contributed by atoms with Crippen LogP contribution in [0, 0.1) is 6.92 Å². The molecule has 8 heteroatoms. The minimum absolute atomic E-state index is 0. The predicted octanol–water partition coefficient (Wildman–Crippen LogP) is 3.55. The second kappa shape index (κ2) is 10.3. The lowest BCUT2D eigenvalue weighted by Crippen LogP contribution is -2.38. The van der Waals surface area contributed by atoms with E-state index in [-0.39, 0.29) is 24.0 Å². The maximum atomic E-state index is 11.7. The van der Waals surface area contributed by atoms with Gasteiger partial charge in [-0.05, 0) is 35.6 Å². The topological polar surface area (TPSA) is 70.6 Å². The molecule has 2 aromatic rings. The highest BCUT2D eigenvalue weighted by atomic mass is 127. The van der Waals surface area contributed by atoms with Crippen molar-refractivity contribution >= 4 is 51.1 Å². The van der Waals surface area contributed by atoms with Crippen molar-refractivity contribution in [3.8, 4) is 0 Å². The monoisotopic (exact) mass is 507 g/mol. The van der Waals surface area contributed by atoms with Crippen LogP contribution in [0.1, 0.15) is 28.8 Å². The quantitative estimate of drug-likeness (QED) is 0.357. The summed E-state index contributed by atoms with van der Waals surface area (Å²) in [5.41, 5.74) is 1.77. The number of nitrogens with zero attached hydrogens (tertiary/aromatic N) is 1. The highest BCUT2D eigenvalue weighted by Crippen LogP contribution is 2.19. The number of nitrogens with one attached hydrogen (secondary N) is 2. The van der Waals surface area contributed by atoms with Crippen LogP contribution in [0.4, 0.5) is 0 Å². The Morgan fingerprint density at radius 3 is 2.54 bits per heavy atom. The number of hydrogen-bond donors (Lipinski definition) is 2. The second-order valence-corrected chi connectivity index (χ2v) is 9.06. The highest BCUT2D eigenvalue weighted by molar-refractivity contribution is 14.0. The van der Waals surface area contributed by atoms with Crippen molar-refractivity contribution < 1.29 is 8.42 Å². The van der Waals surface area contributed by atoms with Crippen LogP contribution in [0.15, 0.2) is 45.6 Å². The first-order valence-corrected chi connectivity index (χ1v) is 10.9. The van der Waals surface area contributed by atoms with Gasteiger partial charge in [-0.1, -0.05) is 25.1 Å². The Morgan fingerprint density at radius 2 is 2.00 bits per heavy atom. The van der Waals surface area contributed by atoms with Gasteiger partial charge in [0.15, 0.2) is 15.8 Å². The third-order valence-corrected chi connectivity index (χ3v) is 6.29. The molecule has 0 spiro atoms. The Morgan fingerprint density at radius 1 is 1.27 bits per heavy atom. The molecule has 5 nitrogen and oxygen atoms in total. The van der Waals surface area contributed by atoms with E-state index in [1.54, 1.807) is 24.5 Å². The van der Waals surface area contributed by atoms with Crippen LogP contribution >= 0.6 is 35.3 Å². The molecule has 0 saturated heterocycles. The molecule has 0 fully saturated rings. The van der Waals surface area contributed by atoms with Gasteiger partial charge in [-0.25, -0.2) is 8.42 Å². The van der Waals surface area contributed by atoms with Crippen LogP contribution in [-0.4, -0.2) is 34.2 Å². The van der Waals surface area contributed by atoms with Gasteiger partial charge in [0.2, 0.25) is 0 Å². The highest BCUT2D eigenvalue weighted by Gasteiger charge is 2.11. The zero-order valence-electron chi connectivity index (χ0n) is 15.4. The lowest BCUT2D eigenvalue weighted by molar-refractivity contribution is 0.601. The molecule has 1 aromatic heterocycles. The lowest BCUT2D eigenvalue weighted by atomic mass is 10.1. The predicted molar refractivity (Wildman–Crippen MR) is 121 cm³/mol. The van der Waals surface area contributed by atoms with Gasteiger partial charge in [-0.15, -0.1) is 35.3 Å². The maximum Gasteiger partial charge on any atom is 0.191 e. The van der Waals surface area contributed by atoms with Gasteiger partial charge in [0.1, 0.15) is 0 Å². The summed E-state index contributed by atoms with van der Waals surface area (Å²) in [6.45, 7) is 5.37. The van der Waals surface area contributed by atoms with Gasteiger partial charge >= 0.3 is 0 Å². The van der Waals surface area contributed by atoms with Crippen LogP contribution in [0.3, 0.4) is 0 Å². The van der Waals surface area contributed by atoms with Gasteiger partial charge in [-0.2, -0.15) is 0 Å². The molecule has 26 heavy (non-hydrogen) atoms. The molecule has 1 aromatic carbocycles. The van der Waals surface area contributed by atoms with Crippen molar-refractivity contribution in [2.75, 3.05) is 19.8 Å². The number of aliphatic imine (C=N–C) groups is 1. The minimum Gasteiger partial charge on any atom is -0.356 e. The Labute approximate surface area is 177 Å². The van der Waals surface area contributed by atoms with Crippen LogP contribution < -0.4 is 10.6 Å². The van der Waals surface area contributed by atoms with Crippen LogP contribution in [-0.2, 0) is 16.4 Å². The van der Waals surface area contributed by atoms with Gasteiger partial charge in [0.25, 0.3) is 0 Å². The van der Waals surface area contributed by atoms with E-state index in [0.717, 1.165) is 23.6 Å². The van der Waals surface area contributed by atoms with E-state index in [2.05, 4.69) is 40.1 Å². The van der Waals surface area contributed by atoms with E-state index in [9.17, 15) is 8.42 Å². The first kappa shape index (κ1) is 22.9. The fourth-order valence-corrected chi connectivity index (χ4v) is 4.31. The summed E-state index contributed by atoms with van der Waals surface area (Å²) >= 11 is 1.76. The Hall–Kier alpha value is -1.13. The Bertz CT molecular complexity index is 834. The number of hydrogen-bond acceptors (Lipinski definition) is 4. The normalized spacial score (nSPS) is 13.0. The van der Waals surface area contributed by atoms with E-state index in [1.807, 2.05) is 19.1 Å². The summed E-state index contributed by atoms with van der Waals surface area (Å²) in [6.07, 6.45) is 1.23. The SMILES string of the molecule is CN=C(NCc1ccc(S(C)(=O)=O)c(C)c1)NCC(C)c1cccs1.I. The maximum absolute atomic E-state index is 11.7.